The average molecular weight is 408 g/mol. The van der Waals surface area contributed by atoms with Crippen LogP contribution in [-0.4, -0.2) is 29.6 Å². The van der Waals surface area contributed by atoms with Crippen molar-refractivity contribution < 1.29 is 0 Å². The quantitative estimate of drug-likeness (QED) is 0.418. The van der Waals surface area contributed by atoms with Gasteiger partial charge in [-0.25, -0.2) is 0 Å². The molecule has 4 heavy (non-hydrogen) atoms. The first kappa shape index (κ1) is 27.1. The monoisotopic (exact) mass is 408 g/mol. The molecule has 0 aliphatic carbocycles. The summed E-state index contributed by atoms with van der Waals surface area (Å²) in [5.74, 6) is 0. The number of hydrogen-bond donors (Lipinski definition) is 0. The molecule has 0 saturated heterocycles. The third kappa shape index (κ3) is 8.95. The summed E-state index contributed by atoms with van der Waals surface area (Å²) in [5, 5.41) is 0. The summed E-state index contributed by atoms with van der Waals surface area (Å²) < 4.78 is 0. The maximum atomic E-state index is 0. The number of rotatable bonds is 0. The van der Waals surface area contributed by atoms with E-state index in [1.165, 1.54) is 0 Å². The van der Waals surface area contributed by atoms with Crippen molar-refractivity contribution in [1.82, 2.24) is 0 Å². The Bertz CT molecular complexity index is 3.25. The van der Waals surface area contributed by atoms with Gasteiger partial charge in [0.2, 0.25) is 0 Å². The van der Waals surface area contributed by atoms with Crippen LogP contribution < -0.4 is 0 Å². The first-order valence-corrected chi connectivity index (χ1v) is 0. The van der Waals surface area contributed by atoms with Crippen molar-refractivity contribution in [2.45, 2.75) is 0 Å². The third-order valence-corrected chi connectivity index (χ3v) is 0. The molecule has 0 heterocycles. The van der Waals surface area contributed by atoms with E-state index in [1.807, 2.05) is 0 Å². The van der Waals surface area contributed by atoms with Crippen LogP contribution >= 0.6 is 71.9 Å². The van der Waals surface area contributed by atoms with Crippen LogP contribution in [0.4, 0.5) is 0 Å². The summed E-state index contributed by atoms with van der Waals surface area (Å²) in [4.78, 5) is 0. The van der Waals surface area contributed by atoms with Gasteiger partial charge in [0.05, 0.1) is 0 Å². The third-order valence-electron chi connectivity index (χ3n) is 0. The zero-order valence-electron chi connectivity index (χ0n) is 1.22. The van der Waals surface area contributed by atoms with Crippen molar-refractivity contribution in [1.29, 1.82) is 0 Å². The predicted molar refractivity (Wildman–Crippen MR) is 53.4 cm³/mol. The van der Waals surface area contributed by atoms with Crippen molar-refractivity contribution in [3.05, 3.63) is 0 Å². The zero-order chi connectivity index (χ0) is 0. The van der Waals surface area contributed by atoms with Crippen LogP contribution in [0.1, 0.15) is 0 Å². The second-order valence-electron chi connectivity index (χ2n) is 0. The normalized spacial score (nSPS) is 0. The molecular weight excluding hydrogens is 404 g/mol. The molecule has 0 aromatic heterocycles. The van der Waals surface area contributed by atoms with Crippen LogP contribution in [0, 0.1) is 0 Å². The van der Waals surface area contributed by atoms with E-state index in [0.29, 0.717) is 0 Å². The van der Waals surface area contributed by atoms with E-state index < -0.39 is 0 Å². The number of halogens is 3. The number of hydrogen-bond acceptors (Lipinski definition) is 0. The first-order chi connectivity index (χ1) is 0. The van der Waals surface area contributed by atoms with Gasteiger partial charge in [0.1, 0.15) is 0 Å². The Balaban J connectivity index is 0. The fourth-order valence-corrected chi connectivity index (χ4v) is 0. The molecule has 26 valence electrons. The molecule has 0 atom stereocenters. The van der Waals surface area contributed by atoms with E-state index in [0.717, 1.165) is 0 Å². The molecule has 0 aromatic carbocycles. The second-order valence-corrected chi connectivity index (χ2v) is 0. The Morgan fingerprint density at radius 1 is 0.500 bits per heavy atom. The summed E-state index contributed by atoms with van der Waals surface area (Å²) in [7, 11) is 0. The molecular formula is H4I3Na. The Morgan fingerprint density at radius 3 is 0.500 bits per heavy atom. The van der Waals surface area contributed by atoms with Gasteiger partial charge in [-0.2, -0.15) is 0 Å². The molecule has 0 spiro atoms. The van der Waals surface area contributed by atoms with Crippen LogP contribution in [0.3, 0.4) is 0 Å². The van der Waals surface area contributed by atoms with Gasteiger partial charge in [-0.15, -0.1) is 71.9 Å². The molecule has 0 fully saturated rings. The van der Waals surface area contributed by atoms with Gasteiger partial charge in [-0.3, -0.25) is 0 Å². The van der Waals surface area contributed by atoms with Gasteiger partial charge in [0, 0.05) is 0 Å². The van der Waals surface area contributed by atoms with Crippen LogP contribution in [-0.2, 0) is 0 Å². The molecule has 0 nitrogen and oxygen atoms in total. The van der Waals surface area contributed by atoms with Gasteiger partial charge >= 0.3 is 29.6 Å². The SMILES string of the molecule is I.I.I.[NaH]. The Morgan fingerprint density at radius 2 is 0.500 bits per heavy atom. The second kappa shape index (κ2) is 16.4. The van der Waals surface area contributed by atoms with Crippen molar-refractivity contribution in [3.8, 4) is 0 Å². The van der Waals surface area contributed by atoms with Crippen LogP contribution in [0.5, 0.6) is 0 Å². The average Bonchev–Trinajstić information content (AvgIpc) is 0. The van der Waals surface area contributed by atoms with E-state index >= 15 is 0 Å². The topological polar surface area (TPSA) is 0 Å². The molecule has 0 aromatic rings. The summed E-state index contributed by atoms with van der Waals surface area (Å²) in [5.41, 5.74) is 0. The summed E-state index contributed by atoms with van der Waals surface area (Å²) in [6, 6.07) is 0. The molecule has 4 heteroatoms. The molecule has 0 unspecified atom stereocenters. The van der Waals surface area contributed by atoms with E-state index in [1.54, 1.807) is 0 Å². The summed E-state index contributed by atoms with van der Waals surface area (Å²) >= 11 is 0. The Kier molecular flexibility index (Phi) is 111. The standard InChI is InChI=1S/3HI.Na.H/h3*1H;;. The minimum absolute atomic E-state index is 0. The van der Waals surface area contributed by atoms with Crippen LogP contribution in [0.2, 0.25) is 0 Å². The van der Waals surface area contributed by atoms with Crippen LogP contribution in [0.15, 0.2) is 0 Å². The molecule has 0 rings (SSSR count). The molecule has 0 saturated carbocycles. The fraction of sp³-hybridized carbons (Fsp3) is 0. The van der Waals surface area contributed by atoms with Gasteiger partial charge in [-0.1, -0.05) is 0 Å². The Hall–Kier alpha value is 3.19. The van der Waals surface area contributed by atoms with E-state index in [-0.39, 0.29) is 101 Å². The van der Waals surface area contributed by atoms with Crippen molar-refractivity contribution in [2.24, 2.45) is 0 Å². The molecule has 0 aliphatic rings. The molecule has 0 amide bonds. The molecule has 0 aliphatic heterocycles. The van der Waals surface area contributed by atoms with Crippen molar-refractivity contribution >= 4 is 101 Å². The predicted octanol–water partition coefficient (Wildman–Crippen LogP) is 1.21. The molecule has 0 N–H and O–H groups in total. The van der Waals surface area contributed by atoms with Gasteiger partial charge in [0.15, 0.2) is 0 Å². The van der Waals surface area contributed by atoms with Crippen molar-refractivity contribution in [3.63, 3.8) is 0 Å². The van der Waals surface area contributed by atoms with E-state index in [4.69, 9.17) is 0 Å². The van der Waals surface area contributed by atoms with E-state index in [2.05, 4.69) is 0 Å². The van der Waals surface area contributed by atoms with E-state index in [9.17, 15) is 0 Å². The minimum atomic E-state index is 0. The fourth-order valence-electron chi connectivity index (χ4n) is 0. The van der Waals surface area contributed by atoms with Crippen molar-refractivity contribution in [2.75, 3.05) is 0 Å². The van der Waals surface area contributed by atoms with Gasteiger partial charge in [-0.05, 0) is 0 Å². The maximum absolute atomic E-state index is 0. The van der Waals surface area contributed by atoms with Gasteiger partial charge < -0.3 is 0 Å². The summed E-state index contributed by atoms with van der Waals surface area (Å²) in [6.45, 7) is 0. The zero-order valence-corrected chi connectivity index (χ0v) is 8.22. The van der Waals surface area contributed by atoms with Crippen LogP contribution in [0.25, 0.3) is 0 Å². The van der Waals surface area contributed by atoms with Gasteiger partial charge in [0.25, 0.3) is 0 Å². The Labute approximate surface area is 99.2 Å². The summed E-state index contributed by atoms with van der Waals surface area (Å²) in [6.07, 6.45) is 0. The molecule has 0 bridgehead atoms. The molecule has 0 radical (unpaired) electrons. The first-order valence-electron chi connectivity index (χ1n) is 0.